The molecule has 1 saturated heterocycles. The topological polar surface area (TPSA) is 223 Å². The number of primary sulfonamides is 1. The maximum atomic E-state index is 13.8. The van der Waals surface area contributed by atoms with Crippen LogP contribution in [-0.4, -0.2) is 81.1 Å². The number of carbonyl (C=O) groups is 4. The minimum Gasteiger partial charge on any atom is -0.467 e. The van der Waals surface area contributed by atoms with Gasteiger partial charge in [0.15, 0.2) is 0 Å². The van der Waals surface area contributed by atoms with Crippen molar-refractivity contribution in [2.24, 2.45) is 5.14 Å². The summed E-state index contributed by atoms with van der Waals surface area (Å²) in [6.07, 6.45) is 0.228. The summed E-state index contributed by atoms with van der Waals surface area (Å²) >= 11 is 6.06. The molecule has 1 aliphatic heterocycles. The van der Waals surface area contributed by atoms with E-state index in [1.165, 1.54) is 19.3 Å². The van der Waals surface area contributed by atoms with Crippen LogP contribution in [0.1, 0.15) is 41.9 Å². The van der Waals surface area contributed by atoms with Crippen LogP contribution in [0.4, 0.5) is 19.3 Å². The number of furan rings is 1. The molecule has 276 valence electrons. The Labute approximate surface area is 294 Å². The number of hydrogen-bond donors (Lipinski definition) is 3. The van der Waals surface area contributed by atoms with Crippen LogP contribution in [0.5, 0.6) is 0 Å². The van der Waals surface area contributed by atoms with Gasteiger partial charge in [-0.1, -0.05) is 11.6 Å². The van der Waals surface area contributed by atoms with Crippen LogP contribution in [0.3, 0.4) is 0 Å². The van der Waals surface area contributed by atoms with Crippen molar-refractivity contribution in [1.29, 1.82) is 0 Å². The van der Waals surface area contributed by atoms with Gasteiger partial charge >= 0.3 is 24.0 Å². The Bertz CT molecular complexity index is 1860. The number of nitrogens with one attached hydrogen (secondary N) is 1. The molecule has 16 nitrogen and oxygen atoms in total. The molecule has 0 unspecified atom stereocenters. The van der Waals surface area contributed by atoms with E-state index in [1.54, 1.807) is 19.1 Å². The molecule has 0 aliphatic carbocycles. The summed E-state index contributed by atoms with van der Waals surface area (Å²) in [5.41, 5.74) is -0.400. The number of hydrogen-bond acceptors (Lipinski definition) is 14. The van der Waals surface area contributed by atoms with E-state index < -0.39 is 81.8 Å². The zero-order chi connectivity index (χ0) is 37.5. The fourth-order valence-corrected chi connectivity index (χ4v) is 6.02. The van der Waals surface area contributed by atoms with E-state index in [9.17, 15) is 41.5 Å². The van der Waals surface area contributed by atoms with E-state index in [-0.39, 0.29) is 48.0 Å². The molecule has 4 N–H and O–H groups in total. The molecule has 0 bridgehead atoms. The van der Waals surface area contributed by atoms with Gasteiger partial charge < -0.3 is 38.5 Å². The quantitative estimate of drug-likeness (QED) is 0.0794. The molecule has 1 fully saturated rings. The van der Waals surface area contributed by atoms with Crippen LogP contribution >= 0.6 is 11.6 Å². The van der Waals surface area contributed by atoms with Gasteiger partial charge in [0.2, 0.25) is 22.6 Å². The summed E-state index contributed by atoms with van der Waals surface area (Å²) in [6.45, 7) is 0.943. The molecular formula is C31H32ClF2N3O13S. The largest absolute Gasteiger partial charge is 0.467 e. The third-order valence-electron chi connectivity index (χ3n) is 7.42. The average Bonchev–Trinajstić information content (AvgIpc) is 3.58. The second kappa shape index (κ2) is 16.5. The Morgan fingerprint density at radius 1 is 1.04 bits per heavy atom. The predicted molar refractivity (Wildman–Crippen MR) is 169 cm³/mol. The number of ether oxygens (including phenoxy) is 5. The molecule has 2 heterocycles. The van der Waals surface area contributed by atoms with Gasteiger partial charge in [-0.15, -0.1) is 0 Å². The van der Waals surface area contributed by atoms with E-state index >= 15 is 0 Å². The van der Waals surface area contributed by atoms with Crippen molar-refractivity contribution in [2.75, 3.05) is 31.9 Å². The number of carbonyl (C=O) groups excluding carboxylic acids is 4. The second-order valence-corrected chi connectivity index (χ2v) is 12.9. The van der Waals surface area contributed by atoms with Crippen LogP contribution in [0.25, 0.3) is 0 Å². The maximum absolute atomic E-state index is 13.8. The first-order chi connectivity index (χ1) is 24.0. The standard InChI is InChI=1S/C31H32ClF2N3O13S/c1-17-15-50-31(42,19-9-20(33)11-21(34)10-19)18(2)37(17)30(41)49-16-48-29(40)28(39)47-8-4-7-46-27(38)23-12-26(51(35,43)44)24(32)13-25(23)36-14-22-5-3-6-45-22/h3,5-6,9-13,17-18,36,42H,4,7-8,14-16H2,1-2H3,(H2,35,43,44)/t17-,18+,31-/m1/s1. The maximum Gasteiger partial charge on any atom is 0.420 e. The highest BCUT2D eigenvalue weighted by Crippen LogP contribution is 2.36. The molecule has 0 saturated carbocycles. The first-order valence-corrected chi connectivity index (χ1v) is 16.8. The molecule has 3 aromatic rings. The van der Waals surface area contributed by atoms with E-state index in [0.717, 1.165) is 23.1 Å². The van der Waals surface area contributed by atoms with Gasteiger partial charge in [0.05, 0.1) is 61.0 Å². The second-order valence-electron chi connectivity index (χ2n) is 11.0. The minimum absolute atomic E-state index is 0.102. The molecule has 20 heteroatoms. The number of anilines is 1. The first kappa shape index (κ1) is 39.0. The molecule has 1 aromatic heterocycles. The SMILES string of the molecule is C[C@@H]1CO[C@@](O)(c2cc(F)cc(F)c2)[C@H](C)N1C(=O)OCOC(=O)C(=O)OCCCOC(=O)c1cc(S(N)(=O)=O)c(Cl)cc1NCc1ccco1. The predicted octanol–water partition coefficient (Wildman–Crippen LogP) is 3.15. The molecule has 1 amide bonds. The summed E-state index contributed by atoms with van der Waals surface area (Å²) in [4.78, 5) is 50.3. The highest BCUT2D eigenvalue weighted by atomic mass is 35.5. The van der Waals surface area contributed by atoms with Crippen molar-refractivity contribution in [3.8, 4) is 0 Å². The number of esters is 3. The van der Waals surface area contributed by atoms with Crippen molar-refractivity contribution < 1.29 is 69.6 Å². The van der Waals surface area contributed by atoms with Gasteiger partial charge in [-0.25, -0.2) is 41.5 Å². The van der Waals surface area contributed by atoms with Gasteiger partial charge in [0, 0.05) is 18.1 Å². The van der Waals surface area contributed by atoms with E-state index in [2.05, 4.69) is 10.1 Å². The smallest absolute Gasteiger partial charge is 0.420 e. The van der Waals surface area contributed by atoms with Crippen LogP contribution < -0.4 is 10.5 Å². The lowest BCUT2D eigenvalue weighted by molar-refractivity contribution is -0.280. The highest BCUT2D eigenvalue weighted by Gasteiger charge is 2.49. The van der Waals surface area contributed by atoms with Crippen LogP contribution in [0.2, 0.25) is 5.02 Å². The van der Waals surface area contributed by atoms with Crippen molar-refractivity contribution >= 4 is 51.3 Å². The van der Waals surface area contributed by atoms with Gasteiger partial charge in [-0.05, 0) is 50.2 Å². The number of amides is 1. The van der Waals surface area contributed by atoms with Crippen LogP contribution in [0, 0.1) is 11.6 Å². The number of morpholine rings is 1. The van der Waals surface area contributed by atoms with Gasteiger partial charge in [-0.3, -0.25) is 4.90 Å². The van der Waals surface area contributed by atoms with Crippen LogP contribution in [-0.2, 0) is 55.6 Å². The van der Waals surface area contributed by atoms with E-state index in [1.807, 2.05) is 0 Å². The first-order valence-electron chi connectivity index (χ1n) is 14.9. The van der Waals surface area contributed by atoms with Crippen molar-refractivity contribution in [3.05, 3.63) is 82.3 Å². The van der Waals surface area contributed by atoms with E-state index in [4.69, 9.17) is 40.1 Å². The molecule has 1 aliphatic rings. The molecule has 0 spiro atoms. The fraction of sp³-hybridized carbons (Fsp3) is 0.355. The van der Waals surface area contributed by atoms with Crippen molar-refractivity contribution in [3.63, 3.8) is 0 Å². The lowest BCUT2D eigenvalue weighted by Crippen LogP contribution is -2.62. The number of sulfonamides is 1. The zero-order valence-electron chi connectivity index (χ0n) is 26.9. The molecular weight excluding hydrogens is 728 g/mol. The Morgan fingerprint density at radius 3 is 2.35 bits per heavy atom. The lowest BCUT2D eigenvalue weighted by atomic mass is 9.94. The van der Waals surface area contributed by atoms with Gasteiger partial charge in [0.1, 0.15) is 22.3 Å². The third-order valence-corrected chi connectivity index (χ3v) is 8.79. The number of rotatable bonds is 12. The molecule has 0 radical (unpaired) electrons. The number of aliphatic hydroxyl groups is 1. The molecule has 4 rings (SSSR count). The van der Waals surface area contributed by atoms with Gasteiger partial charge in [-0.2, -0.15) is 0 Å². The Kier molecular flexibility index (Phi) is 12.6. The van der Waals surface area contributed by atoms with E-state index in [0.29, 0.717) is 11.8 Å². The lowest BCUT2D eigenvalue weighted by Gasteiger charge is -2.47. The summed E-state index contributed by atoms with van der Waals surface area (Å²) in [6, 6.07) is 5.79. The summed E-state index contributed by atoms with van der Waals surface area (Å²) in [5.74, 6) is -7.75. The van der Waals surface area contributed by atoms with Crippen molar-refractivity contribution in [2.45, 2.75) is 49.6 Å². The monoisotopic (exact) mass is 759 g/mol. The summed E-state index contributed by atoms with van der Waals surface area (Å²) in [5, 5.41) is 18.9. The average molecular weight is 760 g/mol. The zero-order valence-corrected chi connectivity index (χ0v) is 28.5. The fourth-order valence-electron chi connectivity index (χ4n) is 4.92. The highest BCUT2D eigenvalue weighted by molar-refractivity contribution is 7.89. The Balaban J connectivity index is 1.23. The molecule has 2 aromatic carbocycles. The summed E-state index contributed by atoms with van der Waals surface area (Å²) in [7, 11) is -4.31. The number of benzene rings is 2. The summed E-state index contributed by atoms with van der Waals surface area (Å²) < 4.78 is 81.7. The number of halogens is 3. The normalized spacial score (nSPS) is 18.8. The third kappa shape index (κ3) is 9.70. The molecule has 3 atom stereocenters. The Morgan fingerprint density at radius 2 is 1.71 bits per heavy atom. The minimum atomic E-state index is -4.31. The number of nitrogens with zero attached hydrogens (tertiary/aromatic N) is 1. The van der Waals surface area contributed by atoms with Crippen LogP contribution in [0.15, 0.2) is 58.0 Å². The Hall–Kier alpha value is -4.82. The molecule has 51 heavy (non-hydrogen) atoms. The van der Waals surface area contributed by atoms with Gasteiger partial charge in [0.25, 0.3) is 0 Å². The number of nitrogens with two attached hydrogens (primary N) is 1. The van der Waals surface area contributed by atoms with Crippen molar-refractivity contribution in [1.82, 2.24) is 4.90 Å².